The van der Waals surface area contributed by atoms with Crippen molar-refractivity contribution in [2.75, 3.05) is 38.7 Å². The van der Waals surface area contributed by atoms with Crippen LogP contribution in [0.5, 0.6) is 0 Å². The van der Waals surface area contributed by atoms with Gasteiger partial charge in [-0.15, -0.1) is 11.3 Å². The summed E-state index contributed by atoms with van der Waals surface area (Å²) in [4.78, 5) is 42.8. The van der Waals surface area contributed by atoms with E-state index in [1.165, 1.54) is 23.3 Å². The number of aryl methyl sites for hydroxylation is 2. The summed E-state index contributed by atoms with van der Waals surface area (Å²) >= 11 is 1.40. The Kier molecular flexibility index (Phi) is 10.6. The van der Waals surface area contributed by atoms with Gasteiger partial charge in [0.2, 0.25) is 11.8 Å². The SMILES string of the molecule is CCOCCCN(CC(=O)Nc1nc(C)c(C)s1)C(=O)CCCC(=O)OC. The molecule has 1 N–H and O–H groups in total. The van der Waals surface area contributed by atoms with Crippen molar-refractivity contribution in [2.45, 2.75) is 46.5 Å². The summed E-state index contributed by atoms with van der Waals surface area (Å²) in [5.74, 6) is -0.809. The number of ether oxygens (including phenoxy) is 2. The highest BCUT2D eigenvalue weighted by atomic mass is 32.1. The first-order chi connectivity index (χ1) is 12.9. The molecule has 0 bridgehead atoms. The number of hydrogen-bond acceptors (Lipinski definition) is 7. The zero-order chi connectivity index (χ0) is 20.2. The fraction of sp³-hybridized carbons (Fsp3) is 0.667. The van der Waals surface area contributed by atoms with E-state index in [0.717, 1.165) is 10.6 Å². The van der Waals surface area contributed by atoms with E-state index in [2.05, 4.69) is 15.0 Å². The summed E-state index contributed by atoms with van der Waals surface area (Å²) in [6.07, 6.45) is 1.39. The number of esters is 1. The van der Waals surface area contributed by atoms with Crippen LogP contribution >= 0.6 is 11.3 Å². The van der Waals surface area contributed by atoms with Gasteiger partial charge in [-0.05, 0) is 33.6 Å². The third-order valence-electron chi connectivity index (χ3n) is 3.88. The smallest absolute Gasteiger partial charge is 0.305 e. The molecule has 0 aliphatic carbocycles. The van der Waals surface area contributed by atoms with E-state index in [-0.39, 0.29) is 37.2 Å². The summed E-state index contributed by atoms with van der Waals surface area (Å²) in [6, 6.07) is 0. The normalized spacial score (nSPS) is 10.5. The molecule has 0 aliphatic heterocycles. The number of rotatable bonds is 12. The van der Waals surface area contributed by atoms with Crippen LogP contribution in [-0.2, 0) is 23.9 Å². The number of nitrogens with one attached hydrogen (secondary N) is 1. The van der Waals surface area contributed by atoms with Crippen molar-refractivity contribution in [1.82, 2.24) is 9.88 Å². The average Bonchev–Trinajstić information content (AvgIpc) is 2.94. The molecule has 1 aromatic heterocycles. The number of amides is 2. The maximum atomic E-state index is 12.5. The maximum absolute atomic E-state index is 12.5. The molecule has 8 nitrogen and oxygen atoms in total. The van der Waals surface area contributed by atoms with E-state index < -0.39 is 0 Å². The van der Waals surface area contributed by atoms with Gasteiger partial charge in [0.15, 0.2) is 5.13 Å². The van der Waals surface area contributed by atoms with Crippen molar-refractivity contribution in [1.29, 1.82) is 0 Å². The molecule has 0 atom stereocenters. The Labute approximate surface area is 164 Å². The monoisotopic (exact) mass is 399 g/mol. The molecule has 0 radical (unpaired) electrons. The Morgan fingerprint density at radius 3 is 2.52 bits per heavy atom. The second kappa shape index (κ2) is 12.4. The van der Waals surface area contributed by atoms with Gasteiger partial charge in [-0.1, -0.05) is 0 Å². The number of hydrogen-bond donors (Lipinski definition) is 1. The Morgan fingerprint density at radius 2 is 1.93 bits per heavy atom. The van der Waals surface area contributed by atoms with Crippen molar-refractivity contribution in [3.63, 3.8) is 0 Å². The topological polar surface area (TPSA) is 97.8 Å². The molecule has 27 heavy (non-hydrogen) atoms. The number of methoxy groups -OCH3 is 1. The Morgan fingerprint density at radius 1 is 1.19 bits per heavy atom. The molecule has 1 rings (SSSR count). The fourth-order valence-electron chi connectivity index (χ4n) is 2.30. The molecule has 0 saturated heterocycles. The number of aromatic nitrogens is 1. The van der Waals surface area contributed by atoms with Crippen LogP contribution in [-0.4, -0.2) is 61.1 Å². The van der Waals surface area contributed by atoms with Crippen LogP contribution in [0, 0.1) is 13.8 Å². The standard InChI is InChI=1S/C18H29N3O5S/c1-5-26-11-7-10-21(16(23)8-6-9-17(24)25-4)12-15(22)20-18-19-13(2)14(3)27-18/h5-12H2,1-4H3,(H,19,20,22). The van der Waals surface area contributed by atoms with Crippen LogP contribution in [0.4, 0.5) is 5.13 Å². The molecule has 0 aliphatic rings. The van der Waals surface area contributed by atoms with Crippen molar-refractivity contribution in [3.05, 3.63) is 10.6 Å². The third kappa shape index (κ3) is 8.96. The number of anilines is 1. The average molecular weight is 400 g/mol. The second-order valence-electron chi connectivity index (χ2n) is 6.00. The first-order valence-electron chi connectivity index (χ1n) is 9.03. The highest BCUT2D eigenvalue weighted by molar-refractivity contribution is 7.15. The summed E-state index contributed by atoms with van der Waals surface area (Å²) in [6.45, 7) is 7.22. The van der Waals surface area contributed by atoms with Gasteiger partial charge in [0, 0.05) is 37.5 Å². The highest BCUT2D eigenvalue weighted by Crippen LogP contribution is 2.21. The second-order valence-corrected chi connectivity index (χ2v) is 7.21. The Bertz CT molecular complexity index is 613. The summed E-state index contributed by atoms with van der Waals surface area (Å²) in [5, 5.41) is 3.27. The van der Waals surface area contributed by atoms with E-state index in [4.69, 9.17) is 4.74 Å². The lowest BCUT2D eigenvalue weighted by atomic mass is 10.2. The van der Waals surface area contributed by atoms with Crippen molar-refractivity contribution in [3.8, 4) is 0 Å². The Hall–Kier alpha value is -2.00. The molecule has 2 amide bonds. The van der Waals surface area contributed by atoms with Gasteiger partial charge in [-0.3, -0.25) is 14.4 Å². The van der Waals surface area contributed by atoms with E-state index in [1.54, 1.807) is 0 Å². The zero-order valence-corrected chi connectivity index (χ0v) is 17.3. The van der Waals surface area contributed by atoms with Crippen molar-refractivity contribution >= 4 is 34.3 Å². The predicted molar refractivity (Wildman–Crippen MR) is 104 cm³/mol. The minimum Gasteiger partial charge on any atom is -0.469 e. The summed E-state index contributed by atoms with van der Waals surface area (Å²) < 4.78 is 9.88. The summed E-state index contributed by atoms with van der Waals surface area (Å²) in [5.41, 5.74) is 0.878. The molecule has 1 aromatic rings. The van der Waals surface area contributed by atoms with Gasteiger partial charge in [0.1, 0.15) is 0 Å². The first kappa shape index (κ1) is 23.0. The van der Waals surface area contributed by atoms with Gasteiger partial charge >= 0.3 is 5.97 Å². The van der Waals surface area contributed by atoms with Crippen LogP contribution in [0.15, 0.2) is 0 Å². The number of nitrogens with zero attached hydrogens (tertiary/aromatic N) is 2. The molecule has 0 spiro atoms. The van der Waals surface area contributed by atoms with Crippen molar-refractivity contribution in [2.24, 2.45) is 0 Å². The van der Waals surface area contributed by atoms with Gasteiger partial charge in [-0.2, -0.15) is 0 Å². The molecule has 0 aromatic carbocycles. The molecular formula is C18H29N3O5S. The molecule has 0 fully saturated rings. The van der Waals surface area contributed by atoms with E-state index in [9.17, 15) is 14.4 Å². The minimum absolute atomic E-state index is 0.0547. The van der Waals surface area contributed by atoms with Gasteiger partial charge < -0.3 is 19.7 Å². The predicted octanol–water partition coefficient (Wildman–Crippen LogP) is 2.30. The van der Waals surface area contributed by atoms with Crippen LogP contribution in [0.25, 0.3) is 0 Å². The quantitative estimate of drug-likeness (QED) is 0.428. The van der Waals surface area contributed by atoms with Gasteiger partial charge in [0.05, 0.1) is 19.3 Å². The number of carbonyl (C=O) groups excluding carboxylic acids is 3. The van der Waals surface area contributed by atoms with E-state index >= 15 is 0 Å². The lowest BCUT2D eigenvalue weighted by molar-refractivity contribution is -0.141. The molecule has 1 heterocycles. The molecule has 152 valence electrons. The minimum atomic E-state index is -0.349. The molecule has 0 saturated carbocycles. The van der Waals surface area contributed by atoms with Crippen LogP contribution in [0.3, 0.4) is 0 Å². The fourth-order valence-corrected chi connectivity index (χ4v) is 3.13. The van der Waals surface area contributed by atoms with Crippen LogP contribution in [0.1, 0.15) is 43.2 Å². The Balaban J connectivity index is 2.58. The number of thiazole rings is 1. The molecular weight excluding hydrogens is 370 g/mol. The number of carbonyl (C=O) groups is 3. The molecule has 0 unspecified atom stereocenters. The first-order valence-corrected chi connectivity index (χ1v) is 9.85. The van der Waals surface area contributed by atoms with Gasteiger partial charge in [0.25, 0.3) is 0 Å². The largest absolute Gasteiger partial charge is 0.469 e. The lowest BCUT2D eigenvalue weighted by Crippen LogP contribution is -2.39. The van der Waals surface area contributed by atoms with Crippen LogP contribution in [0.2, 0.25) is 0 Å². The summed E-state index contributed by atoms with van der Waals surface area (Å²) in [7, 11) is 1.32. The highest BCUT2D eigenvalue weighted by Gasteiger charge is 2.18. The van der Waals surface area contributed by atoms with E-state index in [1.807, 2.05) is 20.8 Å². The maximum Gasteiger partial charge on any atom is 0.305 e. The zero-order valence-electron chi connectivity index (χ0n) is 16.5. The lowest BCUT2D eigenvalue weighted by Gasteiger charge is -2.22. The van der Waals surface area contributed by atoms with Crippen LogP contribution < -0.4 is 5.32 Å². The van der Waals surface area contributed by atoms with Crippen molar-refractivity contribution < 1.29 is 23.9 Å². The van der Waals surface area contributed by atoms with Gasteiger partial charge in [-0.25, -0.2) is 4.98 Å². The third-order valence-corrected chi connectivity index (χ3v) is 4.87. The molecule has 9 heteroatoms. The van der Waals surface area contributed by atoms with E-state index in [0.29, 0.717) is 37.7 Å².